The summed E-state index contributed by atoms with van der Waals surface area (Å²) in [6, 6.07) is 2.26. The highest BCUT2D eigenvalue weighted by Crippen LogP contribution is 2.32. The molecule has 0 bridgehead atoms. The summed E-state index contributed by atoms with van der Waals surface area (Å²) < 4.78 is 26.0. The fourth-order valence-electron chi connectivity index (χ4n) is 1.65. The van der Waals surface area contributed by atoms with E-state index in [0.717, 1.165) is 6.07 Å². The van der Waals surface area contributed by atoms with Gasteiger partial charge in [-0.3, -0.25) is 4.79 Å². The topological polar surface area (TPSA) is 40.5 Å². The average molecular weight is 292 g/mol. The van der Waals surface area contributed by atoms with Gasteiger partial charge in [-0.2, -0.15) is 0 Å². The van der Waals surface area contributed by atoms with Crippen molar-refractivity contribution in [2.45, 2.75) is 12.5 Å². The van der Waals surface area contributed by atoms with Crippen LogP contribution in [0.3, 0.4) is 0 Å². The van der Waals surface area contributed by atoms with E-state index in [9.17, 15) is 18.7 Å². The van der Waals surface area contributed by atoms with Crippen LogP contribution in [0.4, 0.5) is 14.5 Å². The molecule has 3 nitrogen and oxygen atoms in total. The lowest BCUT2D eigenvalue weighted by atomic mass is 10.2. The van der Waals surface area contributed by atoms with Gasteiger partial charge >= 0.3 is 0 Å². The number of aliphatic hydroxyl groups is 1. The number of halogens is 3. The van der Waals surface area contributed by atoms with Crippen LogP contribution < -0.4 is 4.90 Å². The zero-order valence-corrected chi connectivity index (χ0v) is 9.67. The van der Waals surface area contributed by atoms with Crippen LogP contribution in [0.5, 0.6) is 0 Å². The summed E-state index contributed by atoms with van der Waals surface area (Å²) in [5, 5.41) is 9.30. The van der Waals surface area contributed by atoms with E-state index in [2.05, 4.69) is 15.9 Å². The number of benzene rings is 1. The Morgan fingerprint density at radius 3 is 2.69 bits per heavy atom. The maximum Gasteiger partial charge on any atom is 0.229 e. The Morgan fingerprint density at radius 2 is 2.12 bits per heavy atom. The Kier molecular flexibility index (Phi) is 2.94. The molecule has 1 fully saturated rings. The molecule has 2 rings (SSSR count). The van der Waals surface area contributed by atoms with Crippen molar-refractivity contribution in [2.24, 2.45) is 0 Å². The number of hydrogen-bond donors (Lipinski definition) is 1. The van der Waals surface area contributed by atoms with Crippen molar-refractivity contribution >= 4 is 27.5 Å². The second-order valence-corrected chi connectivity index (χ2v) is 4.35. The summed E-state index contributed by atoms with van der Waals surface area (Å²) in [4.78, 5) is 12.7. The molecule has 1 aromatic carbocycles. The van der Waals surface area contributed by atoms with Crippen LogP contribution in [-0.2, 0) is 4.79 Å². The average Bonchev–Trinajstić information content (AvgIpc) is 2.55. The van der Waals surface area contributed by atoms with Gasteiger partial charge in [0, 0.05) is 0 Å². The van der Waals surface area contributed by atoms with E-state index >= 15 is 0 Å². The van der Waals surface area contributed by atoms with E-state index in [1.807, 2.05) is 0 Å². The molecule has 0 aromatic heterocycles. The second kappa shape index (κ2) is 4.10. The van der Waals surface area contributed by atoms with E-state index in [-0.39, 0.29) is 29.0 Å². The standard InChI is InChI=1S/C10H8BrF2NO2/c11-9-7(2-1-6(12)10(9)13)14-4-5(15)3-8(14)16/h1-2,5,15H,3-4H2. The molecule has 16 heavy (non-hydrogen) atoms. The predicted octanol–water partition coefficient (Wildman–Crippen LogP) is 1.82. The van der Waals surface area contributed by atoms with Gasteiger partial charge in [0.1, 0.15) is 0 Å². The van der Waals surface area contributed by atoms with Gasteiger partial charge in [0.25, 0.3) is 0 Å². The van der Waals surface area contributed by atoms with Crippen LogP contribution in [0.15, 0.2) is 16.6 Å². The molecule has 0 aliphatic carbocycles. The Labute approximate surface area is 98.8 Å². The number of carbonyl (C=O) groups is 1. The molecule has 1 unspecified atom stereocenters. The Morgan fingerprint density at radius 1 is 1.44 bits per heavy atom. The molecule has 0 saturated carbocycles. The summed E-state index contributed by atoms with van der Waals surface area (Å²) in [6.45, 7) is 0.0997. The highest BCUT2D eigenvalue weighted by Gasteiger charge is 2.31. The van der Waals surface area contributed by atoms with Crippen molar-refractivity contribution in [2.75, 3.05) is 11.4 Å². The van der Waals surface area contributed by atoms with E-state index in [4.69, 9.17) is 0 Å². The minimum atomic E-state index is -1.04. The zero-order chi connectivity index (χ0) is 11.9. The molecule has 0 radical (unpaired) electrons. The molecule has 1 aliphatic heterocycles. The lowest BCUT2D eigenvalue weighted by Crippen LogP contribution is -2.25. The van der Waals surface area contributed by atoms with E-state index in [1.54, 1.807) is 0 Å². The molecule has 6 heteroatoms. The van der Waals surface area contributed by atoms with Gasteiger partial charge in [0.15, 0.2) is 11.6 Å². The van der Waals surface area contributed by atoms with Crippen LogP contribution >= 0.6 is 15.9 Å². The third-order valence-corrected chi connectivity index (χ3v) is 3.16. The number of anilines is 1. The summed E-state index contributed by atoms with van der Waals surface area (Å²) in [5.74, 6) is -2.33. The Bertz CT molecular complexity index is 453. The largest absolute Gasteiger partial charge is 0.391 e. The molecule has 1 amide bonds. The van der Waals surface area contributed by atoms with Gasteiger partial charge in [-0.15, -0.1) is 0 Å². The fourth-order valence-corrected chi connectivity index (χ4v) is 2.18. The van der Waals surface area contributed by atoms with Crippen LogP contribution in [0.25, 0.3) is 0 Å². The number of β-amino-alcohol motifs (C(OH)–C–C–N with tert-alkyl or cyclic N) is 1. The molecule has 1 atom stereocenters. The summed E-state index contributed by atoms with van der Waals surface area (Å²) in [7, 11) is 0. The van der Waals surface area contributed by atoms with Crippen molar-refractivity contribution in [3.05, 3.63) is 28.2 Å². The van der Waals surface area contributed by atoms with Crippen LogP contribution in [0.2, 0.25) is 0 Å². The first-order valence-electron chi connectivity index (χ1n) is 4.62. The number of carbonyl (C=O) groups excluding carboxylic acids is 1. The summed E-state index contributed by atoms with van der Waals surface area (Å²) in [5.41, 5.74) is 0.237. The van der Waals surface area contributed by atoms with Gasteiger partial charge in [0.2, 0.25) is 5.91 Å². The molecule has 1 heterocycles. The second-order valence-electron chi connectivity index (χ2n) is 3.56. The number of nitrogens with zero attached hydrogens (tertiary/aromatic N) is 1. The highest BCUT2D eigenvalue weighted by molar-refractivity contribution is 9.10. The summed E-state index contributed by atoms with van der Waals surface area (Å²) in [6.07, 6.45) is -0.752. The van der Waals surface area contributed by atoms with E-state index in [0.29, 0.717) is 0 Å². The number of hydrogen-bond acceptors (Lipinski definition) is 2. The van der Waals surface area contributed by atoms with Gasteiger partial charge < -0.3 is 10.0 Å². The predicted molar refractivity (Wildman–Crippen MR) is 57.0 cm³/mol. The van der Waals surface area contributed by atoms with Crippen molar-refractivity contribution in [1.29, 1.82) is 0 Å². The van der Waals surface area contributed by atoms with Crippen molar-refractivity contribution < 1.29 is 18.7 Å². The smallest absolute Gasteiger partial charge is 0.229 e. The highest BCUT2D eigenvalue weighted by atomic mass is 79.9. The van der Waals surface area contributed by atoms with Crippen molar-refractivity contribution in [3.8, 4) is 0 Å². The maximum absolute atomic E-state index is 13.2. The van der Waals surface area contributed by atoms with Crippen molar-refractivity contribution in [3.63, 3.8) is 0 Å². The van der Waals surface area contributed by atoms with Crippen molar-refractivity contribution in [1.82, 2.24) is 0 Å². The molecule has 1 aromatic rings. The molecule has 86 valence electrons. The zero-order valence-electron chi connectivity index (χ0n) is 8.08. The van der Waals surface area contributed by atoms with E-state index in [1.165, 1.54) is 11.0 Å². The van der Waals surface area contributed by atoms with Gasteiger partial charge in [-0.25, -0.2) is 8.78 Å². The minimum absolute atomic E-state index is 0.00539. The first-order valence-corrected chi connectivity index (χ1v) is 5.42. The lowest BCUT2D eigenvalue weighted by molar-refractivity contribution is -0.117. The van der Waals surface area contributed by atoms with Gasteiger partial charge in [-0.1, -0.05) is 0 Å². The van der Waals surface area contributed by atoms with Gasteiger partial charge in [-0.05, 0) is 28.1 Å². The number of aliphatic hydroxyl groups excluding tert-OH is 1. The molecule has 1 N–H and O–H groups in total. The quantitative estimate of drug-likeness (QED) is 0.802. The molecule has 1 aliphatic rings. The first kappa shape index (κ1) is 11.5. The van der Waals surface area contributed by atoms with Crippen LogP contribution in [-0.4, -0.2) is 23.7 Å². The normalized spacial score (nSPS) is 20.6. The molecule has 0 spiro atoms. The van der Waals surface area contributed by atoms with Crippen LogP contribution in [0.1, 0.15) is 6.42 Å². The summed E-state index contributed by atoms with van der Waals surface area (Å²) >= 11 is 2.90. The maximum atomic E-state index is 13.2. The Balaban J connectivity index is 2.42. The third-order valence-electron chi connectivity index (χ3n) is 2.41. The number of rotatable bonds is 1. The lowest BCUT2D eigenvalue weighted by Gasteiger charge is -2.17. The monoisotopic (exact) mass is 291 g/mol. The number of amides is 1. The van der Waals surface area contributed by atoms with Crippen LogP contribution in [0, 0.1) is 11.6 Å². The molecule has 1 saturated heterocycles. The fraction of sp³-hybridized carbons (Fsp3) is 0.300. The Hall–Kier alpha value is -1.01. The third kappa shape index (κ3) is 1.82. The molecular weight excluding hydrogens is 284 g/mol. The minimum Gasteiger partial charge on any atom is -0.391 e. The van der Waals surface area contributed by atoms with E-state index < -0.39 is 17.7 Å². The molecular formula is C10H8BrF2NO2. The SMILES string of the molecule is O=C1CC(O)CN1c1ccc(F)c(F)c1Br. The first-order chi connectivity index (χ1) is 7.50. The van der Waals surface area contributed by atoms with Gasteiger partial charge in [0.05, 0.1) is 29.2 Å².